The van der Waals surface area contributed by atoms with E-state index >= 15 is 0 Å². The summed E-state index contributed by atoms with van der Waals surface area (Å²) in [5.74, 6) is -0.449. The van der Waals surface area contributed by atoms with E-state index in [0.29, 0.717) is 0 Å². The van der Waals surface area contributed by atoms with Gasteiger partial charge in [0.2, 0.25) is 0 Å². The maximum absolute atomic E-state index is 10.9. The molecular weight excluding hydrogens is 148 g/mol. The summed E-state index contributed by atoms with van der Waals surface area (Å²) in [6, 6.07) is 0. The Morgan fingerprint density at radius 3 is 2.45 bits per heavy atom. The standard InChI is InChI=1S/C7H12O4/c1-3-5(8)7(10)6(9)4(2)11-3/h3-5,7-8,10H,1-2H3/t3-,4?,5?,7+/m0/s1. The molecule has 1 aliphatic heterocycles. The van der Waals surface area contributed by atoms with Crippen molar-refractivity contribution in [1.29, 1.82) is 0 Å². The SMILES string of the molecule is CC1O[C@@H](C)C(O)[C@@H](O)C1=O. The lowest BCUT2D eigenvalue weighted by Gasteiger charge is -2.32. The predicted molar refractivity (Wildman–Crippen MR) is 37.0 cm³/mol. The van der Waals surface area contributed by atoms with E-state index in [1.54, 1.807) is 13.8 Å². The molecule has 0 radical (unpaired) electrons. The largest absolute Gasteiger partial charge is 0.387 e. The van der Waals surface area contributed by atoms with Gasteiger partial charge in [0.1, 0.15) is 18.3 Å². The van der Waals surface area contributed by atoms with E-state index in [9.17, 15) is 4.79 Å². The van der Waals surface area contributed by atoms with E-state index in [1.807, 2.05) is 0 Å². The lowest BCUT2D eigenvalue weighted by Crippen LogP contribution is -2.52. The van der Waals surface area contributed by atoms with Gasteiger partial charge in [0, 0.05) is 0 Å². The zero-order valence-corrected chi connectivity index (χ0v) is 6.52. The Kier molecular flexibility index (Phi) is 2.27. The highest BCUT2D eigenvalue weighted by Gasteiger charge is 2.38. The molecule has 2 unspecified atom stereocenters. The molecule has 1 rings (SSSR count). The molecule has 64 valence electrons. The smallest absolute Gasteiger partial charge is 0.192 e. The number of Topliss-reactive ketones (excluding diaryl/α,β-unsaturated/α-hetero) is 1. The average molecular weight is 160 g/mol. The summed E-state index contributed by atoms with van der Waals surface area (Å²) >= 11 is 0. The normalized spacial score (nSPS) is 46.0. The summed E-state index contributed by atoms with van der Waals surface area (Å²) < 4.78 is 5.02. The van der Waals surface area contributed by atoms with Crippen LogP contribution in [-0.2, 0) is 9.53 Å². The Bertz CT molecular complexity index is 168. The van der Waals surface area contributed by atoms with Crippen molar-refractivity contribution in [2.45, 2.75) is 38.3 Å². The van der Waals surface area contributed by atoms with Gasteiger partial charge in [-0.3, -0.25) is 4.79 Å². The molecule has 0 aromatic rings. The van der Waals surface area contributed by atoms with Crippen molar-refractivity contribution >= 4 is 5.78 Å². The molecule has 0 aliphatic carbocycles. The third-order valence-electron chi connectivity index (χ3n) is 1.92. The van der Waals surface area contributed by atoms with Gasteiger partial charge < -0.3 is 14.9 Å². The summed E-state index contributed by atoms with van der Waals surface area (Å²) in [6.45, 7) is 3.19. The highest BCUT2D eigenvalue weighted by atomic mass is 16.5. The minimum absolute atomic E-state index is 0.449. The second kappa shape index (κ2) is 2.89. The van der Waals surface area contributed by atoms with Crippen molar-refractivity contribution in [3.05, 3.63) is 0 Å². The van der Waals surface area contributed by atoms with E-state index < -0.39 is 30.2 Å². The van der Waals surface area contributed by atoms with E-state index in [-0.39, 0.29) is 0 Å². The van der Waals surface area contributed by atoms with Gasteiger partial charge in [-0.25, -0.2) is 0 Å². The first-order valence-corrected chi connectivity index (χ1v) is 3.59. The van der Waals surface area contributed by atoms with Crippen LogP contribution >= 0.6 is 0 Å². The topological polar surface area (TPSA) is 66.8 Å². The number of hydrogen-bond acceptors (Lipinski definition) is 4. The maximum Gasteiger partial charge on any atom is 0.192 e. The monoisotopic (exact) mass is 160 g/mol. The van der Waals surface area contributed by atoms with Gasteiger partial charge in [-0.15, -0.1) is 0 Å². The summed E-state index contributed by atoms with van der Waals surface area (Å²) in [6.07, 6.45) is -3.45. The molecular formula is C7H12O4. The Labute approximate surface area is 64.8 Å². The van der Waals surface area contributed by atoms with Gasteiger partial charge in [0.05, 0.1) is 6.10 Å². The van der Waals surface area contributed by atoms with Gasteiger partial charge in [0.15, 0.2) is 5.78 Å². The Hall–Kier alpha value is -0.450. The first kappa shape index (κ1) is 8.64. The third-order valence-corrected chi connectivity index (χ3v) is 1.92. The van der Waals surface area contributed by atoms with Gasteiger partial charge >= 0.3 is 0 Å². The van der Waals surface area contributed by atoms with Gasteiger partial charge in [-0.05, 0) is 13.8 Å². The molecule has 1 heterocycles. The van der Waals surface area contributed by atoms with Crippen molar-refractivity contribution in [3.63, 3.8) is 0 Å². The van der Waals surface area contributed by atoms with Crippen LogP contribution in [-0.4, -0.2) is 40.4 Å². The number of carbonyl (C=O) groups is 1. The minimum atomic E-state index is -1.28. The van der Waals surface area contributed by atoms with Crippen LogP contribution in [0.3, 0.4) is 0 Å². The number of hydrogen-bond donors (Lipinski definition) is 2. The van der Waals surface area contributed by atoms with Gasteiger partial charge in [-0.1, -0.05) is 0 Å². The maximum atomic E-state index is 10.9. The van der Waals surface area contributed by atoms with Gasteiger partial charge in [0.25, 0.3) is 0 Å². The third kappa shape index (κ3) is 1.42. The lowest BCUT2D eigenvalue weighted by atomic mass is 9.98. The average Bonchev–Trinajstić information content (AvgIpc) is 1.97. The number of aliphatic hydroxyl groups is 2. The van der Waals surface area contributed by atoms with Crippen LogP contribution in [0.1, 0.15) is 13.8 Å². The highest BCUT2D eigenvalue weighted by molar-refractivity contribution is 5.88. The van der Waals surface area contributed by atoms with Crippen molar-refractivity contribution in [1.82, 2.24) is 0 Å². The van der Waals surface area contributed by atoms with Crippen molar-refractivity contribution < 1.29 is 19.7 Å². The number of ether oxygens (including phenoxy) is 1. The van der Waals surface area contributed by atoms with Crippen LogP contribution < -0.4 is 0 Å². The van der Waals surface area contributed by atoms with Gasteiger partial charge in [-0.2, -0.15) is 0 Å². The molecule has 11 heavy (non-hydrogen) atoms. The van der Waals surface area contributed by atoms with Crippen LogP contribution in [0.2, 0.25) is 0 Å². The Balaban J connectivity index is 2.70. The molecule has 4 atom stereocenters. The second-order valence-corrected chi connectivity index (χ2v) is 2.82. The summed E-state index contributed by atoms with van der Waals surface area (Å²) in [7, 11) is 0. The summed E-state index contributed by atoms with van der Waals surface area (Å²) in [5.41, 5.74) is 0. The Morgan fingerprint density at radius 2 is 1.91 bits per heavy atom. The molecule has 1 fully saturated rings. The second-order valence-electron chi connectivity index (χ2n) is 2.82. The molecule has 0 saturated carbocycles. The number of aliphatic hydroxyl groups excluding tert-OH is 2. The molecule has 4 nitrogen and oxygen atoms in total. The van der Waals surface area contributed by atoms with Crippen molar-refractivity contribution in [3.8, 4) is 0 Å². The number of ketones is 1. The molecule has 0 amide bonds. The number of rotatable bonds is 0. The predicted octanol–water partition coefficient (Wildman–Crippen LogP) is -0.916. The van der Waals surface area contributed by atoms with E-state index in [2.05, 4.69) is 0 Å². The zero-order valence-electron chi connectivity index (χ0n) is 6.52. The molecule has 2 N–H and O–H groups in total. The molecule has 0 aromatic heterocycles. The van der Waals surface area contributed by atoms with Crippen molar-refractivity contribution in [2.75, 3.05) is 0 Å². The van der Waals surface area contributed by atoms with Crippen LogP contribution in [0.15, 0.2) is 0 Å². The first-order chi connectivity index (χ1) is 5.04. The molecule has 0 bridgehead atoms. The fourth-order valence-electron chi connectivity index (χ4n) is 1.14. The fraction of sp³-hybridized carbons (Fsp3) is 0.857. The highest BCUT2D eigenvalue weighted by Crippen LogP contribution is 2.16. The summed E-state index contributed by atoms with van der Waals surface area (Å²) in [5, 5.41) is 18.2. The van der Waals surface area contributed by atoms with E-state index in [0.717, 1.165) is 0 Å². The molecule has 0 aromatic carbocycles. The fourth-order valence-corrected chi connectivity index (χ4v) is 1.14. The summed E-state index contributed by atoms with van der Waals surface area (Å²) in [4.78, 5) is 10.9. The molecule has 4 heteroatoms. The van der Waals surface area contributed by atoms with E-state index in [4.69, 9.17) is 14.9 Å². The van der Waals surface area contributed by atoms with E-state index in [1.165, 1.54) is 0 Å². The van der Waals surface area contributed by atoms with Crippen LogP contribution in [0.25, 0.3) is 0 Å². The minimum Gasteiger partial charge on any atom is -0.387 e. The quantitative estimate of drug-likeness (QED) is 0.481. The number of carbonyl (C=O) groups excluding carboxylic acids is 1. The van der Waals surface area contributed by atoms with Crippen LogP contribution in [0.4, 0.5) is 0 Å². The zero-order chi connectivity index (χ0) is 8.59. The lowest BCUT2D eigenvalue weighted by molar-refractivity contribution is -0.176. The Morgan fingerprint density at radius 1 is 1.36 bits per heavy atom. The van der Waals surface area contributed by atoms with Crippen molar-refractivity contribution in [2.24, 2.45) is 0 Å². The molecule has 1 saturated heterocycles. The molecule has 0 spiro atoms. The van der Waals surface area contributed by atoms with Crippen LogP contribution in [0.5, 0.6) is 0 Å². The van der Waals surface area contributed by atoms with Crippen LogP contribution in [0, 0.1) is 0 Å². The first-order valence-electron chi connectivity index (χ1n) is 3.59. The molecule has 1 aliphatic rings.